The Kier molecular flexibility index (Phi) is 8.57. The normalized spacial score (nSPS) is 15.3. The molecule has 0 aromatic heterocycles. The van der Waals surface area contributed by atoms with Gasteiger partial charge < -0.3 is 19.9 Å². The van der Waals surface area contributed by atoms with Gasteiger partial charge in [-0.15, -0.1) is 0 Å². The summed E-state index contributed by atoms with van der Waals surface area (Å²) in [7, 11) is 0. The van der Waals surface area contributed by atoms with Crippen LogP contribution in [0.15, 0.2) is 0 Å². The van der Waals surface area contributed by atoms with Crippen LogP contribution in [0.2, 0.25) is 0 Å². The molecule has 1 aliphatic rings. The van der Waals surface area contributed by atoms with Crippen LogP contribution in [-0.4, -0.2) is 66.5 Å². The largest absolute Gasteiger partial charge is 0.450 e. The molecule has 138 valence electrons. The maximum absolute atomic E-state index is 11.9. The number of nitrogens with one attached hydrogen (secondary N) is 1. The second-order valence-corrected chi connectivity index (χ2v) is 6.58. The standard InChI is InChI=1S/C17H31N3O4/c1-5-24-17(23)19-9-6-15(7-10-19)20(14(4)21)11-8-16(22)18-12-13(2)3/h13,15H,5-12H2,1-4H3,(H,18,22). The zero-order chi connectivity index (χ0) is 18.1. The lowest BCUT2D eigenvalue weighted by Gasteiger charge is -2.37. The molecule has 0 saturated carbocycles. The minimum Gasteiger partial charge on any atom is -0.450 e. The number of likely N-dealkylation sites (tertiary alicyclic amines) is 1. The summed E-state index contributed by atoms with van der Waals surface area (Å²) < 4.78 is 5.00. The third-order valence-electron chi connectivity index (χ3n) is 4.12. The molecule has 0 aliphatic carbocycles. The van der Waals surface area contributed by atoms with E-state index in [0.717, 1.165) is 0 Å². The fourth-order valence-electron chi connectivity index (χ4n) is 2.80. The molecule has 1 rings (SSSR count). The Morgan fingerprint density at radius 3 is 2.38 bits per heavy atom. The highest BCUT2D eigenvalue weighted by Crippen LogP contribution is 2.18. The molecule has 0 aromatic carbocycles. The van der Waals surface area contributed by atoms with Crippen molar-refractivity contribution < 1.29 is 19.1 Å². The number of piperidine rings is 1. The monoisotopic (exact) mass is 341 g/mol. The molecule has 1 N–H and O–H groups in total. The molecular formula is C17H31N3O4. The average molecular weight is 341 g/mol. The van der Waals surface area contributed by atoms with Gasteiger partial charge in [-0.3, -0.25) is 9.59 Å². The fraction of sp³-hybridized carbons (Fsp3) is 0.824. The molecule has 1 saturated heterocycles. The molecule has 7 heteroatoms. The number of hydrogen-bond donors (Lipinski definition) is 1. The molecule has 7 nitrogen and oxygen atoms in total. The molecule has 3 amide bonds. The summed E-state index contributed by atoms with van der Waals surface area (Å²) in [5.41, 5.74) is 0. The van der Waals surface area contributed by atoms with Crippen LogP contribution < -0.4 is 5.32 Å². The third kappa shape index (κ3) is 6.76. The number of ether oxygens (including phenoxy) is 1. The zero-order valence-electron chi connectivity index (χ0n) is 15.3. The molecule has 1 fully saturated rings. The van der Waals surface area contributed by atoms with Gasteiger partial charge in [0.15, 0.2) is 0 Å². The Morgan fingerprint density at radius 1 is 1.25 bits per heavy atom. The Balaban J connectivity index is 2.45. The summed E-state index contributed by atoms with van der Waals surface area (Å²) in [5.74, 6) is 0.352. The van der Waals surface area contributed by atoms with Crippen LogP contribution in [0.4, 0.5) is 4.79 Å². The van der Waals surface area contributed by atoms with Crippen LogP contribution >= 0.6 is 0 Å². The van der Waals surface area contributed by atoms with Crippen molar-refractivity contribution in [3.8, 4) is 0 Å². The van der Waals surface area contributed by atoms with E-state index < -0.39 is 0 Å². The Bertz CT molecular complexity index is 432. The second-order valence-electron chi connectivity index (χ2n) is 6.58. The van der Waals surface area contributed by atoms with Crippen LogP contribution in [-0.2, 0) is 14.3 Å². The van der Waals surface area contributed by atoms with E-state index in [0.29, 0.717) is 58.0 Å². The molecule has 0 atom stereocenters. The molecule has 1 aliphatic heterocycles. The molecular weight excluding hydrogens is 310 g/mol. The van der Waals surface area contributed by atoms with Crippen LogP contribution in [0.5, 0.6) is 0 Å². The first-order valence-electron chi connectivity index (χ1n) is 8.80. The Hall–Kier alpha value is -1.79. The first-order valence-corrected chi connectivity index (χ1v) is 8.80. The quantitative estimate of drug-likeness (QED) is 0.763. The van der Waals surface area contributed by atoms with Crippen molar-refractivity contribution >= 4 is 17.9 Å². The SMILES string of the molecule is CCOC(=O)N1CCC(N(CCC(=O)NCC(C)C)C(C)=O)CC1. The summed E-state index contributed by atoms with van der Waals surface area (Å²) in [5, 5.41) is 2.87. The highest BCUT2D eigenvalue weighted by Gasteiger charge is 2.28. The summed E-state index contributed by atoms with van der Waals surface area (Å²) in [6, 6.07) is 0.0751. The molecule has 1 heterocycles. The summed E-state index contributed by atoms with van der Waals surface area (Å²) in [4.78, 5) is 38.9. The van der Waals surface area contributed by atoms with Gasteiger partial charge in [0.25, 0.3) is 0 Å². The molecule has 0 bridgehead atoms. The fourth-order valence-corrected chi connectivity index (χ4v) is 2.80. The second kappa shape index (κ2) is 10.2. The zero-order valence-corrected chi connectivity index (χ0v) is 15.3. The van der Waals surface area contributed by atoms with E-state index in [1.165, 1.54) is 6.92 Å². The molecule has 0 aromatic rings. The van der Waals surface area contributed by atoms with Gasteiger partial charge >= 0.3 is 6.09 Å². The van der Waals surface area contributed by atoms with Gasteiger partial charge in [-0.1, -0.05) is 13.8 Å². The van der Waals surface area contributed by atoms with E-state index in [1.54, 1.807) is 16.7 Å². The number of nitrogens with zero attached hydrogens (tertiary/aromatic N) is 2. The number of carbonyl (C=O) groups excluding carboxylic acids is 3. The van der Waals surface area contributed by atoms with Crippen molar-refractivity contribution in [1.82, 2.24) is 15.1 Å². The smallest absolute Gasteiger partial charge is 0.409 e. The van der Waals surface area contributed by atoms with E-state index in [9.17, 15) is 14.4 Å². The predicted molar refractivity (Wildman–Crippen MR) is 91.5 cm³/mol. The van der Waals surface area contributed by atoms with Crippen LogP contribution in [0.25, 0.3) is 0 Å². The van der Waals surface area contributed by atoms with Gasteiger partial charge in [0.1, 0.15) is 0 Å². The Labute approximate surface area is 144 Å². The average Bonchev–Trinajstić information content (AvgIpc) is 2.53. The van der Waals surface area contributed by atoms with Crippen molar-refractivity contribution in [3.05, 3.63) is 0 Å². The minimum atomic E-state index is -0.293. The minimum absolute atomic E-state index is 0.0266. The van der Waals surface area contributed by atoms with Crippen LogP contribution in [0.3, 0.4) is 0 Å². The number of hydrogen-bond acceptors (Lipinski definition) is 4. The van der Waals surface area contributed by atoms with Crippen molar-refractivity contribution in [2.45, 2.75) is 53.0 Å². The van der Waals surface area contributed by atoms with Gasteiger partial charge in [0.05, 0.1) is 6.61 Å². The van der Waals surface area contributed by atoms with Crippen LogP contribution in [0, 0.1) is 5.92 Å². The lowest BCUT2D eigenvalue weighted by Crippen LogP contribution is -2.49. The lowest BCUT2D eigenvalue weighted by molar-refractivity contribution is -0.132. The van der Waals surface area contributed by atoms with Gasteiger partial charge in [-0.2, -0.15) is 0 Å². The van der Waals surface area contributed by atoms with Crippen molar-refractivity contribution in [3.63, 3.8) is 0 Å². The third-order valence-corrected chi connectivity index (χ3v) is 4.12. The molecule has 24 heavy (non-hydrogen) atoms. The van der Waals surface area contributed by atoms with Gasteiger partial charge in [-0.05, 0) is 25.7 Å². The first kappa shape index (κ1) is 20.3. The molecule has 0 unspecified atom stereocenters. The molecule has 0 spiro atoms. The topological polar surface area (TPSA) is 79.0 Å². The number of rotatable bonds is 7. The van der Waals surface area contributed by atoms with E-state index in [-0.39, 0.29) is 23.9 Å². The number of amides is 3. The van der Waals surface area contributed by atoms with Crippen molar-refractivity contribution in [2.24, 2.45) is 5.92 Å². The summed E-state index contributed by atoms with van der Waals surface area (Å²) in [6.07, 6.45) is 1.45. The highest BCUT2D eigenvalue weighted by molar-refractivity contribution is 5.78. The van der Waals surface area contributed by atoms with E-state index in [4.69, 9.17) is 4.74 Å². The van der Waals surface area contributed by atoms with E-state index in [2.05, 4.69) is 5.32 Å². The van der Waals surface area contributed by atoms with Crippen molar-refractivity contribution in [2.75, 3.05) is 32.8 Å². The van der Waals surface area contributed by atoms with Crippen molar-refractivity contribution in [1.29, 1.82) is 0 Å². The van der Waals surface area contributed by atoms with Gasteiger partial charge in [0.2, 0.25) is 11.8 Å². The van der Waals surface area contributed by atoms with Crippen LogP contribution in [0.1, 0.15) is 47.0 Å². The van der Waals surface area contributed by atoms with E-state index in [1.807, 2.05) is 13.8 Å². The first-order chi connectivity index (χ1) is 11.3. The number of carbonyl (C=O) groups is 3. The molecule has 0 radical (unpaired) electrons. The summed E-state index contributed by atoms with van der Waals surface area (Å²) >= 11 is 0. The summed E-state index contributed by atoms with van der Waals surface area (Å²) in [6.45, 7) is 9.98. The Morgan fingerprint density at radius 2 is 1.88 bits per heavy atom. The highest BCUT2D eigenvalue weighted by atomic mass is 16.6. The lowest BCUT2D eigenvalue weighted by atomic mass is 10.0. The van der Waals surface area contributed by atoms with E-state index >= 15 is 0 Å². The predicted octanol–water partition coefficient (Wildman–Crippen LogP) is 1.62. The van der Waals surface area contributed by atoms with Gasteiger partial charge in [0, 0.05) is 45.6 Å². The van der Waals surface area contributed by atoms with Gasteiger partial charge in [-0.25, -0.2) is 4.79 Å². The maximum atomic E-state index is 11.9. The maximum Gasteiger partial charge on any atom is 0.409 e.